The van der Waals surface area contributed by atoms with Gasteiger partial charge >= 0.3 is 0 Å². The van der Waals surface area contributed by atoms with Gasteiger partial charge in [0.25, 0.3) is 0 Å². The number of nitrogens with zero attached hydrogens (tertiary/aromatic N) is 7. The fraction of sp³-hybridized carbons (Fsp3) is 0.240. The van der Waals surface area contributed by atoms with Gasteiger partial charge < -0.3 is 20.1 Å². The lowest BCUT2D eigenvalue weighted by Crippen LogP contribution is -2.44. The molecule has 0 unspecified atom stereocenters. The molecule has 170 valence electrons. The van der Waals surface area contributed by atoms with E-state index in [-0.39, 0.29) is 0 Å². The van der Waals surface area contributed by atoms with E-state index < -0.39 is 0 Å². The first-order chi connectivity index (χ1) is 16.7. The zero-order valence-corrected chi connectivity index (χ0v) is 18.9. The van der Waals surface area contributed by atoms with Crippen LogP contribution in [0.15, 0.2) is 61.4 Å². The summed E-state index contributed by atoms with van der Waals surface area (Å²) in [5, 5.41) is 5.28. The van der Waals surface area contributed by atoms with E-state index in [1.165, 1.54) is 0 Å². The topological polar surface area (TPSA) is 98.8 Å². The smallest absolute Gasteiger partial charge is 0.224 e. The first-order valence-electron chi connectivity index (χ1n) is 11.4. The fourth-order valence-corrected chi connectivity index (χ4v) is 4.31. The quantitative estimate of drug-likeness (QED) is 0.420. The van der Waals surface area contributed by atoms with Crippen LogP contribution in [0.2, 0.25) is 0 Å². The van der Waals surface area contributed by atoms with E-state index in [0.29, 0.717) is 12.5 Å². The molecule has 1 saturated heterocycles. The lowest BCUT2D eigenvalue weighted by Gasteiger charge is -2.33. The first kappa shape index (κ1) is 20.5. The Morgan fingerprint density at radius 2 is 1.88 bits per heavy atom. The van der Waals surface area contributed by atoms with Gasteiger partial charge in [-0.15, -0.1) is 0 Å². The van der Waals surface area contributed by atoms with Crippen LogP contribution in [0, 0.1) is 0 Å². The molecule has 9 nitrogen and oxygen atoms in total. The summed E-state index contributed by atoms with van der Waals surface area (Å²) in [6.45, 7) is 4.78. The van der Waals surface area contributed by atoms with E-state index in [4.69, 9.17) is 0 Å². The number of hydrogen-bond acceptors (Lipinski definition) is 8. The average Bonchev–Trinajstić information content (AvgIpc) is 3.31. The molecule has 0 saturated carbocycles. The van der Waals surface area contributed by atoms with Gasteiger partial charge in [-0.25, -0.2) is 19.9 Å². The highest BCUT2D eigenvalue weighted by atomic mass is 15.3. The van der Waals surface area contributed by atoms with Gasteiger partial charge in [0.05, 0.1) is 5.52 Å². The molecule has 0 spiro atoms. The summed E-state index contributed by atoms with van der Waals surface area (Å²) < 4.78 is 0. The van der Waals surface area contributed by atoms with Crippen LogP contribution in [0.4, 0.5) is 11.8 Å². The maximum Gasteiger partial charge on any atom is 0.224 e. The Morgan fingerprint density at radius 3 is 2.74 bits per heavy atom. The van der Waals surface area contributed by atoms with Gasteiger partial charge in [-0.1, -0.05) is 12.1 Å². The van der Waals surface area contributed by atoms with Gasteiger partial charge in [0.15, 0.2) is 0 Å². The molecule has 0 aliphatic carbocycles. The molecule has 34 heavy (non-hydrogen) atoms. The normalized spacial score (nSPS) is 14.7. The van der Waals surface area contributed by atoms with Crippen LogP contribution >= 0.6 is 0 Å². The molecular formula is C25H25N9. The summed E-state index contributed by atoms with van der Waals surface area (Å²) >= 11 is 0. The third kappa shape index (κ3) is 4.01. The zero-order valence-electron chi connectivity index (χ0n) is 18.9. The number of likely N-dealkylation sites (N-methyl/N-ethyl adjacent to an activating group) is 1. The van der Waals surface area contributed by atoms with Crippen molar-refractivity contribution in [2.45, 2.75) is 6.54 Å². The lowest BCUT2D eigenvalue weighted by atomic mass is 10.0. The van der Waals surface area contributed by atoms with Crippen molar-refractivity contribution >= 4 is 33.7 Å². The summed E-state index contributed by atoms with van der Waals surface area (Å²) in [6.07, 6.45) is 9.14. The molecule has 0 radical (unpaired) electrons. The second-order valence-electron chi connectivity index (χ2n) is 8.62. The van der Waals surface area contributed by atoms with Gasteiger partial charge in [0.2, 0.25) is 5.95 Å². The highest BCUT2D eigenvalue weighted by Crippen LogP contribution is 2.29. The van der Waals surface area contributed by atoms with Gasteiger partial charge in [0.1, 0.15) is 17.8 Å². The highest BCUT2D eigenvalue weighted by molar-refractivity contribution is 5.96. The van der Waals surface area contributed by atoms with E-state index in [9.17, 15) is 0 Å². The van der Waals surface area contributed by atoms with Crippen molar-refractivity contribution in [3.8, 4) is 11.1 Å². The number of pyridine rings is 1. The van der Waals surface area contributed by atoms with Crippen LogP contribution in [0.3, 0.4) is 0 Å². The molecule has 2 N–H and O–H groups in total. The van der Waals surface area contributed by atoms with Crippen LogP contribution < -0.4 is 10.2 Å². The van der Waals surface area contributed by atoms with E-state index in [1.807, 2.05) is 30.9 Å². The molecule has 1 aliphatic heterocycles. The molecular weight excluding hydrogens is 426 g/mol. The Morgan fingerprint density at radius 1 is 0.971 bits per heavy atom. The number of aromatic amines is 1. The van der Waals surface area contributed by atoms with Crippen molar-refractivity contribution < 1.29 is 0 Å². The lowest BCUT2D eigenvalue weighted by molar-refractivity contribution is 0.312. The Hall–Kier alpha value is -4.11. The third-order valence-electron chi connectivity index (χ3n) is 6.33. The predicted molar refractivity (Wildman–Crippen MR) is 134 cm³/mol. The fourth-order valence-electron chi connectivity index (χ4n) is 4.31. The van der Waals surface area contributed by atoms with E-state index >= 15 is 0 Å². The summed E-state index contributed by atoms with van der Waals surface area (Å²) in [4.78, 5) is 30.2. The van der Waals surface area contributed by atoms with Gasteiger partial charge in [-0.2, -0.15) is 4.98 Å². The van der Waals surface area contributed by atoms with Crippen molar-refractivity contribution in [1.82, 2.24) is 34.8 Å². The van der Waals surface area contributed by atoms with Crippen molar-refractivity contribution in [3.63, 3.8) is 0 Å². The minimum Gasteiger partial charge on any atom is -0.354 e. The number of fused-ring (bicyclic) bond motifs is 2. The monoisotopic (exact) mass is 451 g/mol. The molecule has 1 fully saturated rings. The summed E-state index contributed by atoms with van der Waals surface area (Å²) in [6, 6.07) is 10.4. The summed E-state index contributed by atoms with van der Waals surface area (Å²) in [5.74, 6) is 1.62. The molecule has 9 heteroatoms. The van der Waals surface area contributed by atoms with Crippen LogP contribution in [0.1, 0.15) is 5.56 Å². The van der Waals surface area contributed by atoms with Crippen molar-refractivity contribution in [1.29, 1.82) is 0 Å². The van der Waals surface area contributed by atoms with Crippen LogP contribution in [-0.4, -0.2) is 68.0 Å². The molecule has 5 heterocycles. The molecule has 5 aromatic rings. The number of H-pyrrole nitrogens is 1. The number of nitrogens with one attached hydrogen (secondary N) is 2. The summed E-state index contributed by atoms with van der Waals surface area (Å²) in [5.41, 5.74) is 4.93. The van der Waals surface area contributed by atoms with E-state index in [1.54, 1.807) is 6.33 Å². The molecule has 0 atom stereocenters. The standard InChI is InChI=1S/C25H25N9/c1-33-6-8-34(9-7-33)23-5-2-17(11-27-23)12-29-25-30-15-21-20(14-28-24(21)32-25)18-3-4-22-19(10-18)13-26-16-31-22/h2-5,10-11,13-16H,6-9,12H2,1H3,(H2,28,29,30,32). The second kappa shape index (κ2) is 8.68. The Kier molecular flexibility index (Phi) is 5.23. The summed E-state index contributed by atoms with van der Waals surface area (Å²) in [7, 11) is 2.16. The number of benzene rings is 1. The van der Waals surface area contributed by atoms with Gasteiger partial charge in [0, 0.05) is 73.8 Å². The van der Waals surface area contributed by atoms with Gasteiger partial charge in [-0.3, -0.25) is 0 Å². The highest BCUT2D eigenvalue weighted by Gasteiger charge is 2.15. The van der Waals surface area contributed by atoms with Gasteiger partial charge in [-0.05, 0) is 36.4 Å². The first-order valence-corrected chi connectivity index (χ1v) is 11.4. The molecule has 0 bridgehead atoms. The maximum atomic E-state index is 4.66. The number of anilines is 2. The van der Waals surface area contributed by atoms with Crippen LogP contribution in [0.5, 0.6) is 0 Å². The van der Waals surface area contributed by atoms with Crippen LogP contribution in [0.25, 0.3) is 33.1 Å². The molecule has 6 rings (SSSR count). The Labute approximate surface area is 196 Å². The van der Waals surface area contributed by atoms with E-state index in [0.717, 1.165) is 70.6 Å². The van der Waals surface area contributed by atoms with E-state index in [2.05, 4.69) is 76.3 Å². The van der Waals surface area contributed by atoms with Crippen LogP contribution in [-0.2, 0) is 6.54 Å². The number of piperazine rings is 1. The zero-order chi connectivity index (χ0) is 22.9. The molecule has 1 aliphatic rings. The Balaban J connectivity index is 1.15. The van der Waals surface area contributed by atoms with Crippen molar-refractivity contribution in [2.75, 3.05) is 43.4 Å². The number of aromatic nitrogens is 6. The molecule has 0 amide bonds. The minimum absolute atomic E-state index is 0.580. The average molecular weight is 452 g/mol. The minimum atomic E-state index is 0.580. The Bertz CT molecular complexity index is 1440. The second-order valence-corrected chi connectivity index (χ2v) is 8.62. The third-order valence-corrected chi connectivity index (χ3v) is 6.33. The number of rotatable bonds is 5. The molecule has 1 aromatic carbocycles. The SMILES string of the molecule is CN1CCN(c2ccc(CNc3ncc4c(-c5ccc6ncncc6c5)c[nH]c4n3)cn2)CC1. The van der Waals surface area contributed by atoms with Crippen molar-refractivity contribution in [3.05, 3.63) is 67.0 Å². The maximum absolute atomic E-state index is 4.66. The largest absolute Gasteiger partial charge is 0.354 e. The van der Waals surface area contributed by atoms with Crippen molar-refractivity contribution in [2.24, 2.45) is 0 Å². The molecule has 4 aromatic heterocycles. The predicted octanol–water partition coefficient (Wildman–Crippen LogP) is 3.33. The number of hydrogen-bond donors (Lipinski definition) is 2.